The summed E-state index contributed by atoms with van der Waals surface area (Å²) in [7, 11) is 0. The number of hydroxylamine groups is 2. The fourth-order valence-corrected chi connectivity index (χ4v) is 5.44. The number of aromatic nitrogens is 4. The predicted octanol–water partition coefficient (Wildman–Crippen LogP) is 4.77. The Morgan fingerprint density at radius 3 is 2.50 bits per heavy atom. The van der Waals surface area contributed by atoms with Gasteiger partial charge in [-0.3, -0.25) is 9.59 Å². The van der Waals surface area contributed by atoms with E-state index in [4.69, 9.17) is 0 Å². The number of aryl methyl sites for hydroxylation is 1. The van der Waals surface area contributed by atoms with Crippen molar-refractivity contribution in [1.29, 1.82) is 0 Å². The van der Waals surface area contributed by atoms with E-state index < -0.39 is 11.6 Å². The minimum Gasteiger partial charge on any atom is -0.344 e. The van der Waals surface area contributed by atoms with Crippen LogP contribution in [0.3, 0.4) is 0 Å². The molecule has 1 aromatic heterocycles. The largest absolute Gasteiger partial charge is 0.344 e. The number of nitrogens with zero attached hydrogens (tertiary/aromatic N) is 5. The molecule has 0 radical (unpaired) electrons. The zero-order valence-corrected chi connectivity index (χ0v) is 24.2. The van der Waals surface area contributed by atoms with E-state index >= 15 is 0 Å². The lowest BCUT2D eigenvalue weighted by molar-refractivity contribution is -0.169. The molecule has 1 aliphatic rings. The summed E-state index contributed by atoms with van der Waals surface area (Å²) >= 11 is 0. The number of amides is 2. The van der Waals surface area contributed by atoms with E-state index in [-0.39, 0.29) is 18.2 Å². The van der Waals surface area contributed by atoms with Crippen LogP contribution in [0.5, 0.6) is 0 Å². The lowest BCUT2D eigenvalue weighted by atomic mass is 9.98. The molecule has 3 N–H and O–H groups in total. The molecule has 0 unspecified atom stereocenters. The molecule has 1 atom stereocenters. The SMILES string of the molecule is CCCN(O)C(C)(C)CC(=O)N[C@@H]1CCc2ccccc2N(Cc2ccc(-c3ccccc3-c3nnn[nH]3)cc2)C1=O. The van der Waals surface area contributed by atoms with Gasteiger partial charge < -0.3 is 15.4 Å². The molecular formula is C32H37N7O3. The normalized spacial score (nSPS) is 15.4. The van der Waals surface area contributed by atoms with E-state index in [1.807, 2.05) is 93.6 Å². The molecule has 0 bridgehead atoms. The number of hydrogen-bond acceptors (Lipinski definition) is 7. The summed E-state index contributed by atoms with van der Waals surface area (Å²) in [5.74, 6) is 0.187. The van der Waals surface area contributed by atoms with E-state index in [9.17, 15) is 14.8 Å². The maximum Gasteiger partial charge on any atom is 0.249 e. The Hall–Kier alpha value is -4.41. The Bertz CT molecular complexity index is 1520. The number of carbonyl (C=O) groups excluding carboxylic acids is 2. The number of nitrogens with one attached hydrogen (secondary N) is 2. The van der Waals surface area contributed by atoms with Gasteiger partial charge in [0.15, 0.2) is 5.82 Å². The van der Waals surface area contributed by atoms with Crippen LogP contribution in [-0.2, 0) is 22.6 Å². The van der Waals surface area contributed by atoms with E-state index in [2.05, 4.69) is 25.9 Å². The first-order valence-corrected chi connectivity index (χ1v) is 14.3. The van der Waals surface area contributed by atoms with Gasteiger partial charge in [0.25, 0.3) is 0 Å². The molecule has 0 fully saturated rings. The summed E-state index contributed by atoms with van der Waals surface area (Å²) < 4.78 is 0. The minimum atomic E-state index is -0.749. The van der Waals surface area contributed by atoms with Gasteiger partial charge in [-0.2, -0.15) is 5.06 Å². The molecular weight excluding hydrogens is 530 g/mol. The maximum atomic E-state index is 13.9. The highest BCUT2D eigenvalue weighted by Crippen LogP contribution is 2.32. The van der Waals surface area contributed by atoms with Crippen molar-refractivity contribution in [3.8, 4) is 22.5 Å². The molecule has 0 aliphatic carbocycles. The third kappa shape index (κ3) is 6.40. The number of aromatic amines is 1. The van der Waals surface area contributed by atoms with Crippen LogP contribution in [0.2, 0.25) is 0 Å². The van der Waals surface area contributed by atoms with Crippen LogP contribution in [-0.4, -0.2) is 60.8 Å². The van der Waals surface area contributed by atoms with Crippen LogP contribution < -0.4 is 10.2 Å². The molecule has 218 valence electrons. The number of carbonyl (C=O) groups is 2. The molecule has 5 rings (SSSR count). The van der Waals surface area contributed by atoms with E-state index in [0.717, 1.165) is 39.9 Å². The first-order valence-electron chi connectivity index (χ1n) is 14.3. The second-order valence-corrected chi connectivity index (χ2v) is 11.3. The number of hydrogen-bond donors (Lipinski definition) is 3. The lowest BCUT2D eigenvalue weighted by Gasteiger charge is -2.33. The highest BCUT2D eigenvalue weighted by molar-refractivity contribution is 6.00. The minimum absolute atomic E-state index is 0.0767. The molecule has 0 saturated carbocycles. The van der Waals surface area contributed by atoms with Gasteiger partial charge in [0.05, 0.1) is 6.54 Å². The average Bonchev–Trinajstić information content (AvgIpc) is 3.49. The zero-order chi connectivity index (χ0) is 29.7. The van der Waals surface area contributed by atoms with Gasteiger partial charge in [0.2, 0.25) is 11.8 Å². The molecule has 4 aromatic rings. The van der Waals surface area contributed by atoms with Crippen molar-refractivity contribution >= 4 is 17.5 Å². The van der Waals surface area contributed by atoms with Crippen LogP contribution >= 0.6 is 0 Å². The van der Waals surface area contributed by atoms with Crippen LogP contribution in [0.1, 0.15) is 51.2 Å². The topological polar surface area (TPSA) is 127 Å². The van der Waals surface area contributed by atoms with Gasteiger partial charge in [-0.1, -0.05) is 73.7 Å². The molecule has 2 heterocycles. The Labute approximate surface area is 245 Å². The smallest absolute Gasteiger partial charge is 0.249 e. The van der Waals surface area contributed by atoms with E-state index in [0.29, 0.717) is 31.8 Å². The number of tetrazole rings is 1. The summed E-state index contributed by atoms with van der Waals surface area (Å²) in [5.41, 5.74) is 5.03. The first kappa shape index (κ1) is 29.1. The van der Waals surface area contributed by atoms with Crippen molar-refractivity contribution in [2.75, 3.05) is 11.4 Å². The van der Waals surface area contributed by atoms with Gasteiger partial charge in [0.1, 0.15) is 6.04 Å². The van der Waals surface area contributed by atoms with Crippen molar-refractivity contribution < 1.29 is 14.8 Å². The number of rotatable bonds is 10. The number of para-hydroxylation sites is 1. The van der Waals surface area contributed by atoms with Crippen LogP contribution in [0.15, 0.2) is 72.8 Å². The lowest BCUT2D eigenvalue weighted by Crippen LogP contribution is -2.51. The maximum absolute atomic E-state index is 13.9. The fourth-order valence-electron chi connectivity index (χ4n) is 5.44. The predicted molar refractivity (Wildman–Crippen MR) is 160 cm³/mol. The molecule has 10 heteroatoms. The van der Waals surface area contributed by atoms with Gasteiger partial charge in [-0.25, -0.2) is 5.10 Å². The Kier molecular flexibility index (Phi) is 8.75. The van der Waals surface area contributed by atoms with Gasteiger partial charge in [0, 0.05) is 29.8 Å². The number of H-pyrrole nitrogens is 1. The van der Waals surface area contributed by atoms with Crippen molar-refractivity contribution in [2.45, 2.75) is 64.6 Å². The summed E-state index contributed by atoms with van der Waals surface area (Å²) in [6, 6.07) is 23.3. The summed E-state index contributed by atoms with van der Waals surface area (Å²) in [4.78, 5) is 28.8. The summed E-state index contributed by atoms with van der Waals surface area (Å²) in [5, 5.41) is 28.9. The average molecular weight is 568 g/mol. The molecule has 0 saturated heterocycles. The van der Waals surface area contributed by atoms with Gasteiger partial charge in [-0.15, -0.1) is 5.10 Å². The number of fused-ring (bicyclic) bond motifs is 1. The highest BCUT2D eigenvalue weighted by Gasteiger charge is 2.34. The van der Waals surface area contributed by atoms with Crippen LogP contribution in [0, 0.1) is 0 Å². The summed E-state index contributed by atoms with van der Waals surface area (Å²) in [6.07, 6.45) is 2.01. The number of anilines is 1. The quantitative estimate of drug-likeness (QED) is 0.236. The first-order chi connectivity index (χ1) is 20.3. The highest BCUT2D eigenvalue weighted by atomic mass is 16.5. The Morgan fingerprint density at radius 1 is 1.07 bits per heavy atom. The van der Waals surface area contributed by atoms with Gasteiger partial charge >= 0.3 is 0 Å². The van der Waals surface area contributed by atoms with E-state index in [1.54, 1.807) is 4.90 Å². The summed E-state index contributed by atoms with van der Waals surface area (Å²) in [6.45, 7) is 6.45. The van der Waals surface area contributed by atoms with Crippen molar-refractivity contribution in [2.24, 2.45) is 0 Å². The third-order valence-corrected chi connectivity index (χ3v) is 7.74. The monoisotopic (exact) mass is 567 g/mol. The van der Waals surface area contributed by atoms with Crippen LogP contribution in [0.4, 0.5) is 5.69 Å². The molecule has 0 spiro atoms. The zero-order valence-electron chi connectivity index (χ0n) is 24.2. The van der Waals surface area contributed by atoms with Crippen LogP contribution in [0.25, 0.3) is 22.5 Å². The molecule has 3 aromatic carbocycles. The standard InChI is InChI=1S/C32H37N7O3/c1-4-19-39(42)32(2,3)20-29(40)33-27-18-17-24-9-5-8-12-28(24)38(31(27)41)21-22-13-15-23(16-14-22)25-10-6-7-11-26(25)30-34-36-37-35-30/h5-16,27,42H,4,17-21H2,1-3H3,(H,33,40)(H,34,35,36,37)/t27-/m1/s1. The van der Waals surface area contributed by atoms with Gasteiger partial charge in [-0.05, 0) is 71.9 Å². The Morgan fingerprint density at radius 2 is 1.79 bits per heavy atom. The molecule has 1 aliphatic heterocycles. The molecule has 2 amide bonds. The van der Waals surface area contributed by atoms with Crippen molar-refractivity contribution in [3.63, 3.8) is 0 Å². The van der Waals surface area contributed by atoms with Crippen molar-refractivity contribution in [1.82, 2.24) is 31.0 Å². The second-order valence-electron chi connectivity index (χ2n) is 11.3. The third-order valence-electron chi connectivity index (χ3n) is 7.74. The second kappa shape index (κ2) is 12.6. The Balaban J connectivity index is 1.36. The molecule has 10 nitrogen and oxygen atoms in total. The fraction of sp³-hybridized carbons (Fsp3) is 0.344. The number of benzene rings is 3. The van der Waals surface area contributed by atoms with E-state index in [1.165, 1.54) is 5.06 Å². The van der Waals surface area contributed by atoms with Crippen molar-refractivity contribution in [3.05, 3.63) is 83.9 Å². The molecule has 42 heavy (non-hydrogen) atoms.